The molecule has 0 saturated carbocycles. The highest BCUT2D eigenvalue weighted by Gasteiger charge is 2.33. The van der Waals surface area contributed by atoms with Crippen molar-refractivity contribution >= 4 is 40.2 Å². The van der Waals surface area contributed by atoms with Gasteiger partial charge in [-0.1, -0.05) is 5.57 Å². The Labute approximate surface area is 167 Å². The number of nitrogens with one attached hydrogen (secondary N) is 1. The van der Waals surface area contributed by atoms with Crippen molar-refractivity contribution < 1.29 is 23.5 Å². The van der Waals surface area contributed by atoms with E-state index in [1.54, 1.807) is 12.1 Å². The number of hydrogen-bond acceptors (Lipinski definition) is 5. The number of carbonyl (C=O) groups excluding carboxylic acids is 3. The summed E-state index contributed by atoms with van der Waals surface area (Å²) >= 11 is 5.37. The van der Waals surface area contributed by atoms with E-state index in [0.717, 1.165) is 5.57 Å². The Bertz CT molecular complexity index is 819. The molecule has 7 nitrogen and oxygen atoms in total. The van der Waals surface area contributed by atoms with Crippen LogP contribution in [0.15, 0.2) is 29.8 Å². The lowest BCUT2D eigenvalue weighted by molar-refractivity contribution is -0.119. The summed E-state index contributed by atoms with van der Waals surface area (Å²) in [5.41, 5.74) is 1.81. The monoisotopic (exact) mass is 409 g/mol. The highest BCUT2D eigenvalue weighted by atomic mass is 35.5. The maximum absolute atomic E-state index is 14.7. The van der Waals surface area contributed by atoms with E-state index in [0.29, 0.717) is 37.3 Å². The second-order valence-electron chi connectivity index (χ2n) is 6.78. The second-order valence-corrected chi connectivity index (χ2v) is 7.16. The molecule has 0 bridgehead atoms. The van der Waals surface area contributed by atoms with Crippen LogP contribution >= 0.6 is 11.6 Å². The molecule has 1 aromatic carbocycles. The van der Waals surface area contributed by atoms with Gasteiger partial charge in [0.25, 0.3) is 0 Å². The molecule has 28 heavy (non-hydrogen) atoms. The molecule has 3 rings (SSSR count). The van der Waals surface area contributed by atoms with E-state index in [9.17, 15) is 18.8 Å². The van der Waals surface area contributed by atoms with Crippen LogP contribution in [0, 0.1) is 5.82 Å². The first-order valence-corrected chi connectivity index (χ1v) is 9.37. The first-order chi connectivity index (χ1) is 13.3. The normalized spacial score (nSPS) is 19.5. The van der Waals surface area contributed by atoms with Gasteiger partial charge in [-0.15, -0.1) is 0 Å². The predicted molar refractivity (Wildman–Crippen MR) is 103 cm³/mol. The average molecular weight is 410 g/mol. The minimum atomic E-state index is -0.569. The first kappa shape index (κ1) is 20.1. The maximum Gasteiger partial charge on any atom is 0.414 e. The number of cyclic esters (lactones) is 1. The molecule has 150 valence electrons. The molecule has 0 aromatic heterocycles. The zero-order valence-corrected chi connectivity index (χ0v) is 16.2. The van der Waals surface area contributed by atoms with Gasteiger partial charge in [0, 0.05) is 20.0 Å². The van der Waals surface area contributed by atoms with E-state index in [-0.39, 0.29) is 19.0 Å². The van der Waals surface area contributed by atoms with Crippen LogP contribution in [0.5, 0.6) is 0 Å². The quantitative estimate of drug-likeness (QED) is 0.597. The lowest BCUT2D eigenvalue weighted by atomic mass is 10.0. The predicted octanol–water partition coefficient (Wildman–Crippen LogP) is 2.58. The van der Waals surface area contributed by atoms with Crippen LogP contribution in [-0.4, -0.2) is 49.5 Å². The number of anilines is 2. The minimum absolute atomic E-state index is 0.208. The first-order valence-electron chi connectivity index (χ1n) is 8.99. The van der Waals surface area contributed by atoms with E-state index in [2.05, 4.69) is 5.32 Å². The molecule has 2 aliphatic heterocycles. The molecule has 1 aromatic rings. The van der Waals surface area contributed by atoms with Crippen molar-refractivity contribution in [1.82, 2.24) is 5.32 Å². The van der Waals surface area contributed by atoms with Gasteiger partial charge in [-0.2, -0.15) is 0 Å². The number of halogens is 2. The van der Waals surface area contributed by atoms with Crippen LogP contribution < -0.4 is 15.1 Å². The van der Waals surface area contributed by atoms with Gasteiger partial charge in [0.15, 0.2) is 0 Å². The SMILES string of the molecule is CC(=O)NC[C@H]1CN(c2ccc(N3CCC(=CC(=O)Cl)CC3)c(F)c2)C(=O)O1. The fraction of sp³-hybridized carbons (Fsp3) is 0.421. The largest absolute Gasteiger partial charge is 0.442 e. The highest BCUT2D eigenvalue weighted by Crippen LogP contribution is 2.30. The molecule has 0 radical (unpaired) electrons. The summed E-state index contributed by atoms with van der Waals surface area (Å²) < 4.78 is 19.9. The zero-order valence-electron chi connectivity index (χ0n) is 15.4. The Morgan fingerprint density at radius 1 is 1.36 bits per heavy atom. The third-order valence-electron chi connectivity index (χ3n) is 4.76. The van der Waals surface area contributed by atoms with Crippen LogP contribution in [0.4, 0.5) is 20.6 Å². The fourth-order valence-electron chi connectivity index (χ4n) is 3.36. The van der Waals surface area contributed by atoms with E-state index < -0.39 is 23.3 Å². The Balaban J connectivity index is 1.65. The van der Waals surface area contributed by atoms with E-state index in [4.69, 9.17) is 16.3 Å². The molecule has 9 heteroatoms. The highest BCUT2D eigenvalue weighted by molar-refractivity contribution is 6.66. The third kappa shape index (κ3) is 4.81. The van der Waals surface area contributed by atoms with Crippen LogP contribution in [0.3, 0.4) is 0 Å². The molecule has 1 N–H and O–H groups in total. The molecule has 2 amide bonds. The van der Waals surface area contributed by atoms with Crippen LogP contribution in [-0.2, 0) is 14.3 Å². The minimum Gasteiger partial charge on any atom is -0.442 e. The number of ether oxygens (including phenoxy) is 1. The average Bonchev–Trinajstić information content (AvgIpc) is 3.01. The number of nitrogens with zero attached hydrogens (tertiary/aromatic N) is 2. The Morgan fingerprint density at radius 3 is 2.68 bits per heavy atom. The molecular weight excluding hydrogens is 389 g/mol. The number of piperidine rings is 1. The van der Waals surface area contributed by atoms with Gasteiger partial charge in [0.2, 0.25) is 11.1 Å². The van der Waals surface area contributed by atoms with Crippen molar-refractivity contribution in [3.63, 3.8) is 0 Å². The molecule has 2 saturated heterocycles. The van der Waals surface area contributed by atoms with E-state index in [1.807, 2.05) is 4.90 Å². The maximum atomic E-state index is 14.7. The fourth-order valence-corrected chi connectivity index (χ4v) is 3.51. The third-order valence-corrected chi connectivity index (χ3v) is 4.87. The van der Waals surface area contributed by atoms with Crippen molar-refractivity contribution in [2.24, 2.45) is 0 Å². The number of allylic oxidation sites excluding steroid dienone is 1. The van der Waals surface area contributed by atoms with Crippen LogP contribution in [0.1, 0.15) is 19.8 Å². The summed E-state index contributed by atoms with van der Waals surface area (Å²) in [7, 11) is 0. The van der Waals surface area contributed by atoms with Crippen molar-refractivity contribution in [2.75, 3.05) is 36.0 Å². The zero-order chi connectivity index (χ0) is 20.3. The standard InChI is InChI=1S/C19H21ClFN3O4/c1-12(25)22-10-15-11-24(19(27)28-15)14-2-3-17(16(21)9-14)23-6-4-13(5-7-23)8-18(20)26/h2-3,8-9,15H,4-7,10-11H2,1H3,(H,22,25)/t15-/m0/s1. The molecule has 0 spiro atoms. The summed E-state index contributed by atoms with van der Waals surface area (Å²) in [6.07, 6.45) is 1.66. The topological polar surface area (TPSA) is 79.0 Å². The molecule has 0 aliphatic carbocycles. The Hall–Kier alpha value is -2.61. The molecule has 0 unspecified atom stereocenters. The Kier molecular flexibility index (Phi) is 6.18. The number of benzene rings is 1. The Morgan fingerprint density at radius 2 is 2.07 bits per heavy atom. The van der Waals surface area contributed by atoms with Crippen LogP contribution in [0.25, 0.3) is 0 Å². The van der Waals surface area contributed by atoms with Gasteiger partial charge in [-0.25, -0.2) is 9.18 Å². The van der Waals surface area contributed by atoms with Gasteiger partial charge in [-0.3, -0.25) is 14.5 Å². The van der Waals surface area contributed by atoms with Gasteiger partial charge in [0.1, 0.15) is 11.9 Å². The number of hydrogen-bond donors (Lipinski definition) is 1. The summed E-state index contributed by atoms with van der Waals surface area (Å²) in [4.78, 5) is 37.3. The van der Waals surface area contributed by atoms with Crippen molar-refractivity contribution in [2.45, 2.75) is 25.9 Å². The van der Waals surface area contributed by atoms with Crippen molar-refractivity contribution in [3.05, 3.63) is 35.7 Å². The number of amides is 2. The lowest BCUT2D eigenvalue weighted by Gasteiger charge is -2.31. The summed E-state index contributed by atoms with van der Waals surface area (Å²) in [5, 5.41) is 2.11. The van der Waals surface area contributed by atoms with Crippen molar-refractivity contribution in [1.29, 1.82) is 0 Å². The van der Waals surface area contributed by atoms with Gasteiger partial charge >= 0.3 is 6.09 Å². The van der Waals surface area contributed by atoms with Crippen LogP contribution in [0.2, 0.25) is 0 Å². The summed E-state index contributed by atoms with van der Waals surface area (Å²) in [6.45, 7) is 3.00. The van der Waals surface area contributed by atoms with E-state index in [1.165, 1.54) is 24.0 Å². The number of carbonyl (C=O) groups is 3. The summed E-state index contributed by atoms with van der Waals surface area (Å²) in [6, 6.07) is 4.62. The molecule has 2 heterocycles. The lowest BCUT2D eigenvalue weighted by Crippen LogP contribution is -2.33. The van der Waals surface area contributed by atoms with Crippen molar-refractivity contribution in [3.8, 4) is 0 Å². The van der Waals surface area contributed by atoms with Gasteiger partial charge < -0.3 is 15.0 Å². The van der Waals surface area contributed by atoms with Gasteiger partial charge in [0.05, 0.1) is 24.5 Å². The summed E-state index contributed by atoms with van der Waals surface area (Å²) in [5.74, 6) is -0.642. The molecule has 2 fully saturated rings. The van der Waals surface area contributed by atoms with Gasteiger partial charge in [-0.05, 0) is 48.7 Å². The second kappa shape index (κ2) is 8.60. The smallest absolute Gasteiger partial charge is 0.414 e. The number of rotatable bonds is 5. The molecular formula is C19H21ClFN3O4. The molecule has 1 atom stereocenters. The van der Waals surface area contributed by atoms with E-state index >= 15 is 0 Å². The molecule has 2 aliphatic rings.